The molecule has 0 saturated heterocycles. The van der Waals surface area contributed by atoms with Gasteiger partial charge in [-0.1, -0.05) is 26.7 Å². The Morgan fingerprint density at radius 2 is 2.00 bits per heavy atom. The zero-order valence-electron chi connectivity index (χ0n) is 11.7. The molecule has 1 aliphatic carbocycles. The van der Waals surface area contributed by atoms with Crippen molar-refractivity contribution in [3.63, 3.8) is 0 Å². The van der Waals surface area contributed by atoms with Crippen LogP contribution in [0.15, 0.2) is 0 Å². The fraction of sp³-hybridized carbons (Fsp3) is 1.00. The lowest BCUT2D eigenvalue weighted by Crippen LogP contribution is -2.39. The van der Waals surface area contributed by atoms with E-state index in [2.05, 4.69) is 23.9 Å². The highest BCUT2D eigenvalue weighted by molar-refractivity contribution is 7.89. The molecule has 0 aromatic rings. The predicted octanol–water partition coefficient (Wildman–Crippen LogP) is 1.87. The Balaban J connectivity index is 2.22. The van der Waals surface area contributed by atoms with Crippen molar-refractivity contribution in [1.82, 2.24) is 10.0 Å². The molecule has 0 heterocycles. The third kappa shape index (κ3) is 6.71. The Hall–Kier alpha value is -0.130. The summed E-state index contributed by atoms with van der Waals surface area (Å²) in [5, 5.41) is 3.21. The van der Waals surface area contributed by atoms with Crippen molar-refractivity contribution < 1.29 is 8.42 Å². The van der Waals surface area contributed by atoms with Gasteiger partial charge in [0.2, 0.25) is 10.0 Å². The van der Waals surface area contributed by atoms with Crippen molar-refractivity contribution in [1.29, 1.82) is 0 Å². The van der Waals surface area contributed by atoms with Gasteiger partial charge in [-0.25, -0.2) is 13.1 Å². The minimum atomic E-state index is -3.07. The summed E-state index contributed by atoms with van der Waals surface area (Å²) >= 11 is 0. The van der Waals surface area contributed by atoms with Crippen LogP contribution >= 0.6 is 0 Å². The molecule has 18 heavy (non-hydrogen) atoms. The summed E-state index contributed by atoms with van der Waals surface area (Å²) in [4.78, 5) is 0. The van der Waals surface area contributed by atoms with E-state index in [0.717, 1.165) is 45.2 Å². The van der Waals surface area contributed by atoms with Gasteiger partial charge in [-0.2, -0.15) is 0 Å². The van der Waals surface area contributed by atoms with Crippen LogP contribution in [0.5, 0.6) is 0 Å². The Bertz CT molecular complexity index is 317. The first-order valence-corrected chi connectivity index (χ1v) is 8.89. The molecule has 0 aromatic heterocycles. The maximum atomic E-state index is 11.9. The van der Waals surface area contributed by atoms with Gasteiger partial charge >= 0.3 is 0 Å². The molecule has 2 N–H and O–H groups in total. The molecular weight excluding hydrogens is 248 g/mol. The highest BCUT2D eigenvalue weighted by Gasteiger charge is 2.22. The summed E-state index contributed by atoms with van der Waals surface area (Å²) in [5.41, 5.74) is 0. The molecule has 108 valence electrons. The monoisotopic (exact) mass is 276 g/mol. The van der Waals surface area contributed by atoms with Crippen molar-refractivity contribution in [2.75, 3.05) is 18.8 Å². The molecule has 4 nitrogen and oxygen atoms in total. The van der Waals surface area contributed by atoms with Gasteiger partial charge in [-0.15, -0.1) is 0 Å². The third-order valence-corrected chi connectivity index (χ3v) is 5.07. The average Bonchev–Trinajstić information content (AvgIpc) is 2.28. The molecule has 0 aromatic carbocycles. The van der Waals surface area contributed by atoms with Crippen molar-refractivity contribution in [3.05, 3.63) is 0 Å². The third-order valence-electron chi connectivity index (χ3n) is 3.55. The molecule has 1 fully saturated rings. The van der Waals surface area contributed by atoms with Gasteiger partial charge in [-0.3, -0.25) is 0 Å². The van der Waals surface area contributed by atoms with E-state index in [1.807, 2.05) is 0 Å². The molecular formula is C13H28N2O2S. The standard InChI is InChI=1S/C13H28N2O2S/c1-3-14-9-4-5-10-18(16,17)15-13-8-6-7-12(2)11-13/h12-15H,3-11H2,1-2H3. The van der Waals surface area contributed by atoms with E-state index in [4.69, 9.17) is 0 Å². The molecule has 0 bridgehead atoms. The normalized spacial score (nSPS) is 25.2. The van der Waals surface area contributed by atoms with Gasteiger partial charge < -0.3 is 5.32 Å². The second-order valence-corrected chi connectivity index (χ2v) is 7.34. The minimum absolute atomic E-state index is 0.174. The van der Waals surface area contributed by atoms with E-state index in [1.165, 1.54) is 6.42 Å². The molecule has 1 rings (SSSR count). The number of nitrogens with one attached hydrogen (secondary N) is 2. The fourth-order valence-corrected chi connectivity index (χ4v) is 4.00. The Labute approximate surface area is 112 Å². The SMILES string of the molecule is CCNCCCCS(=O)(=O)NC1CCCC(C)C1. The van der Waals surface area contributed by atoms with E-state index >= 15 is 0 Å². The first kappa shape index (κ1) is 15.9. The molecule has 0 aliphatic heterocycles. The van der Waals surface area contributed by atoms with Crippen LogP contribution < -0.4 is 10.0 Å². The van der Waals surface area contributed by atoms with Gasteiger partial charge in [0.1, 0.15) is 0 Å². The Morgan fingerprint density at radius 1 is 1.22 bits per heavy atom. The average molecular weight is 276 g/mol. The van der Waals surface area contributed by atoms with Crippen molar-refractivity contribution in [2.24, 2.45) is 5.92 Å². The van der Waals surface area contributed by atoms with Crippen LogP contribution in [0.25, 0.3) is 0 Å². The Morgan fingerprint density at radius 3 is 2.67 bits per heavy atom. The van der Waals surface area contributed by atoms with Crippen molar-refractivity contribution in [3.8, 4) is 0 Å². The topological polar surface area (TPSA) is 58.2 Å². The summed E-state index contributed by atoms with van der Waals surface area (Å²) < 4.78 is 26.7. The van der Waals surface area contributed by atoms with Crippen LogP contribution in [-0.2, 0) is 10.0 Å². The zero-order chi connectivity index (χ0) is 13.4. The number of unbranched alkanes of at least 4 members (excludes halogenated alkanes) is 1. The van der Waals surface area contributed by atoms with Gasteiger partial charge in [0.25, 0.3) is 0 Å². The van der Waals surface area contributed by atoms with E-state index in [0.29, 0.717) is 5.92 Å². The fourth-order valence-electron chi connectivity index (χ4n) is 2.57. The highest BCUT2D eigenvalue weighted by atomic mass is 32.2. The molecule has 2 atom stereocenters. The first-order valence-electron chi connectivity index (χ1n) is 7.24. The van der Waals surface area contributed by atoms with Crippen LogP contribution in [0.3, 0.4) is 0 Å². The Kier molecular flexibility index (Phi) is 7.19. The minimum Gasteiger partial charge on any atom is -0.317 e. The summed E-state index contributed by atoms with van der Waals surface area (Å²) in [7, 11) is -3.07. The molecule has 0 amide bonds. The summed E-state index contributed by atoms with van der Waals surface area (Å²) in [5.74, 6) is 0.920. The predicted molar refractivity (Wildman–Crippen MR) is 76.1 cm³/mol. The summed E-state index contributed by atoms with van der Waals surface area (Å²) in [6, 6.07) is 0.174. The van der Waals surface area contributed by atoms with Crippen molar-refractivity contribution in [2.45, 2.75) is 58.4 Å². The molecule has 1 aliphatic rings. The molecule has 0 radical (unpaired) electrons. The lowest BCUT2D eigenvalue weighted by Gasteiger charge is -2.27. The van der Waals surface area contributed by atoms with Crippen molar-refractivity contribution >= 4 is 10.0 Å². The molecule has 5 heteroatoms. The zero-order valence-corrected chi connectivity index (χ0v) is 12.6. The largest absolute Gasteiger partial charge is 0.317 e. The van der Waals surface area contributed by atoms with Crippen LogP contribution in [-0.4, -0.2) is 33.3 Å². The van der Waals surface area contributed by atoms with E-state index in [9.17, 15) is 8.42 Å². The van der Waals surface area contributed by atoms with Crippen LogP contribution in [0, 0.1) is 5.92 Å². The van der Waals surface area contributed by atoms with Gasteiger partial charge in [0, 0.05) is 6.04 Å². The van der Waals surface area contributed by atoms with Gasteiger partial charge in [0.05, 0.1) is 5.75 Å². The maximum absolute atomic E-state index is 11.9. The van der Waals surface area contributed by atoms with E-state index in [1.54, 1.807) is 0 Å². The second-order valence-electron chi connectivity index (χ2n) is 5.47. The lowest BCUT2D eigenvalue weighted by atomic mass is 9.88. The molecule has 2 unspecified atom stereocenters. The smallest absolute Gasteiger partial charge is 0.211 e. The number of hydrogen-bond acceptors (Lipinski definition) is 3. The summed E-state index contributed by atoms with van der Waals surface area (Å²) in [6.07, 6.45) is 6.05. The second kappa shape index (κ2) is 8.12. The highest BCUT2D eigenvalue weighted by Crippen LogP contribution is 2.23. The van der Waals surface area contributed by atoms with Crippen LogP contribution in [0.1, 0.15) is 52.4 Å². The number of sulfonamides is 1. The lowest BCUT2D eigenvalue weighted by molar-refractivity contribution is 0.327. The molecule has 0 spiro atoms. The van der Waals surface area contributed by atoms with E-state index in [-0.39, 0.29) is 11.8 Å². The van der Waals surface area contributed by atoms with E-state index < -0.39 is 10.0 Å². The summed E-state index contributed by atoms with van der Waals surface area (Å²) in [6.45, 7) is 6.12. The maximum Gasteiger partial charge on any atom is 0.211 e. The van der Waals surface area contributed by atoms with Gasteiger partial charge in [0.15, 0.2) is 0 Å². The number of rotatable bonds is 8. The van der Waals surface area contributed by atoms with Crippen LogP contribution in [0.2, 0.25) is 0 Å². The van der Waals surface area contributed by atoms with Crippen LogP contribution in [0.4, 0.5) is 0 Å². The van der Waals surface area contributed by atoms with Gasteiger partial charge in [-0.05, 0) is 44.7 Å². The number of hydrogen-bond donors (Lipinski definition) is 2. The first-order chi connectivity index (χ1) is 8.53. The molecule has 1 saturated carbocycles. The quantitative estimate of drug-likeness (QED) is 0.665.